The van der Waals surface area contributed by atoms with Crippen LogP contribution in [0.5, 0.6) is 0 Å². The molecule has 0 aliphatic carbocycles. The summed E-state index contributed by atoms with van der Waals surface area (Å²) in [5.41, 5.74) is 5.03. The van der Waals surface area contributed by atoms with Crippen LogP contribution in [0.2, 0.25) is 5.02 Å². The summed E-state index contributed by atoms with van der Waals surface area (Å²) in [7, 11) is 0. The van der Waals surface area contributed by atoms with Crippen molar-refractivity contribution in [2.75, 3.05) is 0 Å². The van der Waals surface area contributed by atoms with Crippen molar-refractivity contribution in [2.24, 2.45) is 5.73 Å². The zero-order valence-corrected chi connectivity index (χ0v) is 5.30. The summed E-state index contributed by atoms with van der Waals surface area (Å²) in [6, 6.07) is 1.46. The van der Waals surface area contributed by atoms with Crippen LogP contribution in [-0.4, -0.2) is 5.11 Å². The maximum Gasteiger partial charge on any atom is 0.161 e. The van der Waals surface area contributed by atoms with Gasteiger partial charge in [0.25, 0.3) is 0 Å². The summed E-state index contributed by atoms with van der Waals surface area (Å²) >= 11 is 5.44. The summed E-state index contributed by atoms with van der Waals surface area (Å²) in [5.74, 6) is 0.278. The van der Waals surface area contributed by atoms with Crippen LogP contribution in [0.4, 0.5) is 0 Å². The molecule has 0 aliphatic rings. The highest BCUT2D eigenvalue weighted by Crippen LogP contribution is 2.16. The van der Waals surface area contributed by atoms with E-state index >= 15 is 0 Å². The van der Waals surface area contributed by atoms with Gasteiger partial charge in [0.2, 0.25) is 0 Å². The van der Waals surface area contributed by atoms with E-state index in [1.807, 2.05) is 0 Å². The fourth-order valence-corrected chi connectivity index (χ4v) is 0.635. The number of rotatable bonds is 1. The molecule has 3 nitrogen and oxygen atoms in total. The molecule has 1 atom stereocenters. The Labute approximate surface area is 57.0 Å². The zero-order chi connectivity index (χ0) is 6.85. The average molecular weight is 148 g/mol. The standard InChI is InChI=1S/C5H6ClNO2/c6-3-1-4(5(7)8)9-2-3/h1-2,5,8H,7H2/t5-/m1/s1. The molecule has 1 aromatic heterocycles. The highest BCUT2D eigenvalue weighted by Gasteiger charge is 2.04. The Hall–Kier alpha value is -0.510. The summed E-state index contributed by atoms with van der Waals surface area (Å²) in [6.07, 6.45) is 0.241. The molecule has 0 unspecified atom stereocenters. The van der Waals surface area contributed by atoms with Gasteiger partial charge in [-0.15, -0.1) is 0 Å². The normalized spacial score (nSPS) is 13.7. The Morgan fingerprint density at radius 1 is 1.78 bits per heavy atom. The first-order chi connectivity index (χ1) is 4.20. The number of furan rings is 1. The molecule has 0 aromatic carbocycles. The van der Waals surface area contributed by atoms with E-state index in [1.54, 1.807) is 0 Å². The molecule has 0 spiro atoms. The van der Waals surface area contributed by atoms with E-state index in [-0.39, 0.29) is 5.76 Å². The van der Waals surface area contributed by atoms with E-state index in [0.29, 0.717) is 5.02 Å². The van der Waals surface area contributed by atoms with E-state index in [0.717, 1.165) is 0 Å². The molecular formula is C5H6ClNO2. The van der Waals surface area contributed by atoms with Crippen LogP contribution in [0.15, 0.2) is 16.7 Å². The molecule has 0 radical (unpaired) electrons. The molecule has 0 fully saturated rings. The van der Waals surface area contributed by atoms with Gasteiger partial charge in [-0.3, -0.25) is 5.73 Å². The molecule has 1 heterocycles. The SMILES string of the molecule is N[C@H](O)c1cc(Cl)co1. The first-order valence-corrected chi connectivity index (χ1v) is 2.75. The monoisotopic (exact) mass is 147 g/mol. The smallest absolute Gasteiger partial charge is 0.161 e. The van der Waals surface area contributed by atoms with Gasteiger partial charge in [-0.2, -0.15) is 0 Å². The van der Waals surface area contributed by atoms with Crippen molar-refractivity contribution in [3.63, 3.8) is 0 Å². The van der Waals surface area contributed by atoms with Gasteiger partial charge in [-0.05, 0) is 0 Å². The van der Waals surface area contributed by atoms with Crippen LogP contribution in [0.3, 0.4) is 0 Å². The highest BCUT2D eigenvalue weighted by atomic mass is 35.5. The van der Waals surface area contributed by atoms with E-state index in [1.165, 1.54) is 12.3 Å². The minimum absolute atomic E-state index is 0.278. The average Bonchev–Trinajstić information content (AvgIpc) is 2.14. The molecule has 0 amide bonds. The van der Waals surface area contributed by atoms with Gasteiger partial charge in [0.15, 0.2) is 6.23 Å². The third kappa shape index (κ3) is 1.45. The molecule has 4 heteroatoms. The van der Waals surface area contributed by atoms with Gasteiger partial charge in [-0.25, -0.2) is 0 Å². The highest BCUT2D eigenvalue weighted by molar-refractivity contribution is 6.30. The molecule has 1 rings (SSSR count). The molecule has 0 aliphatic heterocycles. The lowest BCUT2D eigenvalue weighted by Gasteiger charge is -1.94. The Kier molecular flexibility index (Phi) is 1.75. The lowest BCUT2D eigenvalue weighted by molar-refractivity contribution is 0.157. The van der Waals surface area contributed by atoms with Crippen molar-refractivity contribution in [1.29, 1.82) is 0 Å². The third-order valence-electron chi connectivity index (χ3n) is 0.879. The maximum atomic E-state index is 8.66. The summed E-state index contributed by atoms with van der Waals surface area (Å²) in [6.45, 7) is 0. The fourth-order valence-electron chi connectivity index (χ4n) is 0.483. The number of hydrogen-bond acceptors (Lipinski definition) is 3. The van der Waals surface area contributed by atoms with Crippen LogP contribution < -0.4 is 5.73 Å². The van der Waals surface area contributed by atoms with Gasteiger partial charge >= 0.3 is 0 Å². The molecule has 9 heavy (non-hydrogen) atoms. The van der Waals surface area contributed by atoms with Gasteiger partial charge in [-0.1, -0.05) is 11.6 Å². The summed E-state index contributed by atoms with van der Waals surface area (Å²) in [5, 5.41) is 9.10. The number of aliphatic hydroxyl groups is 1. The molecule has 0 saturated heterocycles. The summed E-state index contributed by atoms with van der Waals surface area (Å²) < 4.78 is 4.72. The van der Waals surface area contributed by atoms with E-state index in [4.69, 9.17) is 26.9 Å². The Bertz CT molecular complexity index is 197. The number of aliphatic hydroxyl groups excluding tert-OH is 1. The second kappa shape index (κ2) is 2.39. The molecule has 0 bridgehead atoms. The molecule has 50 valence electrons. The van der Waals surface area contributed by atoms with Gasteiger partial charge < -0.3 is 9.52 Å². The first kappa shape index (κ1) is 6.61. The number of nitrogens with two attached hydrogens (primary N) is 1. The Morgan fingerprint density at radius 3 is 2.67 bits per heavy atom. The lowest BCUT2D eigenvalue weighted by Crippen LogP contribution is -2.06. The van der Waals surface area contributed by atoms with Crippen LogP contribution in [0.25, 0.3) is 0 Å². The third-order valence-corrected chi connectivity index (χ3v) is 1.08. The molecular weight excluding hydrogens is 142 g/mol. The van der Waals surface area contributed by atoms with E-state index in [2.05, 4.69) is 0 Å². The lowest BCUT2D eigenvalue weighted by atomic mass is 10.4. The quantitative estimate of drug-likeness (QED) is 0.580. The predicted octanol–water partition coefficient (Wildman–Crippen LogP) is 0.883. The fraction of sp³-hybridized carbons (Fsp3) is 0.200. The Balaban J connectivity index is 2.85. The largest absolute Gasteiger partial charge is 0.464 e. The summed E-state index contributed by atoms with van der Waals surface area (Å²) in [4.78, 5) is 0. The van der Waals surface area contributed by atoms with Crippen LogP contribution >= 0.6 is 11.6 Å². The number of hydrogen-bond donors (Lipinski definition) is 2. The van der Waals surface area contributed by atoms with Crippen molar-refractivity contribution in [3.8, 4) is 0 Å². The first-order valence-electron chi connectivity index (χ1n) is 2.38. The maximum absolute atomic E-state index is 8.66. The zero-order valence-electron chi connectivity index (χ0n) is 4.54. The van der Waals surface area contributed by atoms with E-state index < -0.39 is 6.23 Å². The van der Waals surface area contributed by atoms with Crippen LogP contribution in [0.1, 0.15) is 12.0 Å². The van der Waals surface area contributed by atoms with Crippen LogP contribution in [-0.2, 0) is 0 Å². The number of halogens is 1. The van der Waals surface area contributed by atoms with Crippen molar-refractivity contribution in [2.45, 2.75) is 6.23 Å². The Morgan fingerprint density at radius 2 is 2.44 bits per heavy atom. The van der Waals surface area contributed by atoms with Crippen molar-refractivity contribution in [1.82, 2.24) is 0 Å². The van der Waals surface area contributed by atoms with Crippen molar-refractivity contribution < 1.29 is 9.52 Å². The van der Waals surface area contributed by atoms with Crippen LogP contribution in [0, 0.1) is 0 Å². The minimum Gasteiger partial charge on any atom is -0.464 e. The van der Waals surface area contributed by atoms with Gasteiger partial charge in [0.1, 0.15) is 12.0 Å². The second-order valence-corrected chi connectivity index (χ2v) is 2.05. The molecule has 1 aromatic rings. The second-order valence-electron chi connectivity index (χ2n) is 1.61. The minimum atomic E-state index is -1.07. The van der Waals surface area contributed by atoms with E-state index in [9.17, 15) is 0 Å². The van der Waals surface area contributed by atoms with Crippen molar-refractivity contribution in [3.05, 3.63) is 23.1 Å². The molecule has 3 N–H and O–H groups in total. The van der Waals surface area contributed by atoms with Crippen molar-refractivity contribution >= 4 is 11.6 Å². The molecule has 0 saturated carbocycles. The predicted molar refractivity (Wildman–Crippen MR) is 32.9 cm³/mol. The van der Waals surface area contributed by atoms with Gasteiger partial charge in [0, 0.05) is 6.07 Å². The topological polar surface area (TPSA) is 59.4 Å². The van der Waals surface area contributed by atoms with Gasteiger partial charge in [0.05, 0.1) is 5.02 Å².